The monoisotopic (exact) mass is 481 g/mol. The maximum Gasteiger partial charge on any atom is 0.414 e. The highest BCUT2D eigenvalue weighted by Crippen LogP contribution is 2.59. The summed E-state index contributed by atoms with van der Waals surface area (Å²) in [6.45, 7) is 2.94. The number of methoxy groups -OCH3 is 1. The summed E-state index contributed by atoms with van der Waals surface area (Å²) in [5.41, 5.74) is 1.49. The normalized spacial score (nSPS) is 25.6. The van der Waals surface area contributed by atoms with Gasteiger partial charge in [-0.05, 0) is 47.6 Å². The fraction of sp³-hybridized carbons (Fsp3) is 0.400. The molecule has 3 aromatic rings. The second kappa shape index (κ2) is 8.60. The maximum atomic E-state index is 15.1. The number of anilines is 1. The molecule has 0 radical (unpaired) electrons. The number of hydrogen-bond donors (Lipinski definition) is 0. The van der Waals surface area contributed by atoms with E-state index in [1.54, 1.807) is 18.0 Å². The van der Waals surface area contributed by atoms with E-state index in [1.807, 2.05) is 24.3 Å². The highest BCUT2D eigenvalue weighted by Gasteiger charge is 2.57. The Morgan fingerprint density at radius 1 is 1.09 bits per heavy atom. The molecule has 6 rings (SSSR count). The number of carbonyl (C=O) groups excluding carboxylic acids is 1. The molecule has 2 saturated heterocycles. The number of nitrogens with zero attached hydrogens (tertiary/aromatic N) is 5. The number of aromatic nitrogens is 3. The summed E-state index contributed by atoms with van der Waals surface area (Å²) in [7, 11) is 1.64. The lowest BCUT2D eigenvalue weighted by molar-refractivity contribution is 0.129. The molecule has 182 valence electrons. The Bertz CT molecular complexity index is 1200. The van der Waals surface area contributed by atoms with Crippen molar-refractivity contribution in [2.24, 2.45) is 11.8 Å². The molecule has 1 saturated carbocycles. The molecule has 1 unspecified atom stereocenters. The number of halogens is 2. The molecular weight excluding hydrogens is 456 g/mol. The second-order valence-electron chi connectivity index (χ2n) is 9.46. The Morgan fingerprint density at radius 3 is 2.43 bits per heavy atom. The molecule has 3 aliphatic rings. The fourth-order valence-corrected chi connectivity index (χ4v) is 5.57. The fourth-order valence-electron chi connectivity index (χ4n) is 5.57. The first-order valence-corrected chi connectivity index (χ1v) is 11.7. The van der Waals surface area contributed by atoms with Crippen LogP contribution in [-0.2, 0) is 17.8 Å². The first-order valence-electron chi connectivity index (χ1n) is 11.7. The largest absolute Gasteiger partial charge is 0.497 e. The molecule has 1 aliphatic carbocycles. The van der Waals surface area contributed by atoms with E-state index in [4.69, 9.17) is 9.47 Å². The van der Waals surface area contributed by atoms with Crippen LogP contribution < -0.4 is 9.64 Å². The van der Waals surface area contributed by atoms with Crippen molar-refractivity contribution in [1.82, 2.24) is 19.9 Å². The van der Waals surface area contributed by atoms with E-state index >= 15 is 8.78 Å². The molecule has 10 heteroatoms. The number of fused-ring (bicyclic) bond motifs is 1. The van der Waals surface area contributed by atoms with Crippen LogP contribution in [0.4, 0.5) is 19.3 Å². The van der Waals surface area contributed by atoms with Crippen LogP contribution in [0.3, 0.4) is 0 Å². The first-order chi connectivity index (χ1) is 17.0. The predicted molar refractivity (Wildman–Crippen MR) is 122 cm³/mol. The van der Waals surface area contributed by atoms with Crippen molar-refractivity contribution in [2.45, 2.75) is 25.1 Å². The smallest absolute Gasteiger partial charge is 0.414 e. The van der Waals surface area contributed by atoms with Crippen LogP contribution in [0.25, 0.3) is 0 Å². The molecule has 0 spiro atoms. The number of carbonyl (C=O) groups is 1. The highest BCUT2D eigenvalue weighted by atomic mass is 19.1. The van der Waals surface area contributed by atoms with Gasteiger partial charge >= 0.3 is 6.09 Å². The van der Waals surface area contributed by atoms with Crippen molar-refractivity contribution in [3.05, 3.63) is 71.6 Å². The van der Waals surface area contributed by atoms with E-state index < -0.39 is 23.8 Å². The number of hydrogen-bond acceptors (Lipinski definition) is 6. The number of cyclic esters (lactones) is 1. The van der Waals surface area contributed by atoms with Crippen LogP contribution in [0.1, 0.15) is 17.0 Å². The van der Waals surface area contributed by atoms with Crippen LogP contribution in [0.5, 0.6) is 5.75 Å². The zero-order valence-corrected chi connectivity index (χ0v) is 19.2. The van der Waals surface area contributed by atoms with E-state index in [2.05, 4.69) is 15.2 Å². The van der Waals surface area contributed by atoms with E-state index in [1.165, 1.54) is 28.8 Å². The van der Waals surface area contributed by atoms with E-state index in [-0.39, 0.29) is 35.5 Å². The van der Waals surface area contributed by atoms with E-state index in [0.29, 0.717) is 6.54 Å². The van der Waals surface area contributed by atoms with Crippen molar-refractivity contribution in [3.8, 4) is 5.75 Å². The van der Waals surface area contributed by atoms with Crippen molar-refractivity contribution < 1.29 is 23.0 Å². The van der Waals surface area contributed by atoms with Gasteiger partial charge in [-0.1, -0.05) is 17.3 Å². The Morgan fingerprint density at radius 2 is 1.80 bits per heavy atom. The minimum Gasteiger partial charge on any atom is -0.497 e. The van der Waals surface area contributed by atoms with Crippen LogP contribution in [0.15, 0.2) is 48.8 Å². The first kappa shape index (κ1) is 22.0. The zero-order chi connectivity index (χ0) is 24.1. The summed E-state index contributed by atoms with van der Waals surface area (Å²) >= 11 is 0. The van der Waals surface area contributed by atoms with Gasteiger partial charge < -0.3 is 9.47 Å². The van der Waals surface area contributed by atoms with Gasteiger partial charge in [0.15, 0.2) is 0 Å². The van der Waals surface area contributed by atoms with Gasteiger partial charge in [0.2, 0.25) is 0 Å². The topological polar surface area (TPSA) is 72.7 Å². The molecule has 8 nitrogen and oxygen atoms in total. The number of benzene rings is 2. The predicted octanol–water partition coefficient (Wildman–Crippen LogP) is 3.44. The SMILES string of the molecule is COc1ccc(CN2C[C@@H]3C(c4c(F)cc(N5C[C@H](Cn6ccnn6)OC5=O)cc4F)[C@@H]3C2)cc1. The van der Waals surface area contributed by atoms with Gasteiger partial charge in [-0.3, -0.25) is 9.80 Å². The molecule has 3 heterocycles. The van der Waals surface area contributed by atoms with Crippen LogP contribution in [0.2, 0.25) is 0 Å². The lowest BCUT2D eigenvalue weighted by atomic mass is 10.0. The average Bonchev–Trinajstić information content (AvgIpc) is 3.28. The maximum absolute atomic E-state index is 15.1. The standard InChI is InChI=1S/C25H25F2N5O3/c1-34-17-4-2-15(3-5-17)10-30-13-19-20(14-30)23(19)24-21(26)8-16(9-22(24)27)32-12-18(35-25(32)33)11-31-7-6-28-29-31/h2-9,18-20,23H,10-14H2,1H3/t18-,19-,20+,23?/m0/s1. The van der Waals surface area contributed by atoms with Crippen LogP contribution in [-0.4, -0.2) is 58.8 Å². The third kappa shape index (κ3) is 4.12. The molecular formula is C25H25F2N5O3. The lowest BCUT2D eigenvalue weighted by Crippen LogP contribution is -2.26. The summed E-state index contributed by atoms with van der Waals surface area (Å²) < 4.78 is 42.4. The van der Waals surface area contributed by atoms with Gasteiger partial charge in [0.05, 0.1) is 32.1 Å². The Labute approximate surface area is 201 Å². The van der Waals surface area contributed by atoms with Crippen LogP contribution in [0, 0.1) is 23.5 Å². The number of ether oxygens (including phenoxy) is 2. The van der Waals surface area contributed by atoms with Crippen LogP contribution >= 0.6 is 0 Å². The molecule has 1 amide bonds. The quantitative estimate of drug-likeness (QED) is 0.515. The van der Waals surface area contributed by atoms with Crippen molar-refractivity contribution >= 4 is 11.8 Å². The van der Waals surface area contributed by atoms with Gasteiger partial charge in [-0.15, -0.1) is 5.10 Å². The zero-order valence-electron chi connectivity index (χ0n) is 19.2. The number of amides is 1. The summed E-state index contributed by atoms with van der Waals surface area (Å²) in [5, 5.41) is 7.58. The molecule has 35 heavy (non-hydrogen) atoms. The van der Waals surface area contributed by atoms with Crippen molar-refractivity contribution in [1.29, 1.82) is 0 Å². The van der Waals surface area contributed by atoms with Gasteiger partial charge in [-0.2, -0.15) is 0 Å². The molecule has 0 bridgehead atoms. The minimum absolute atomic E-state index is 0.123. The number of likely N-dealkylation sites (tertiary alicyclic amines) is 1. The molecule has 1 aromatic heterocycles. The number of piperidine rings is 1. The molecule has 0 N–H and O–H groups in total. The van der Waals surface area contributed by atoms with Gasteiger partial charge in [-0.25, -0.2) is 18.3 Å². The third-order valence-electron chi connectivity index (χ3n) is 7.28. The highest BCUT2D eigenvalue weighted by molar-refractivity contribution is 5.89. The van der Waals surface area contributed by atoms with Gasteiger partial charge in [0.1, 0.15) is 23.5 Å². The molecule has 2 aromatic carbocycles. The van der Waals surface area contributed by atoms with Crippen molar-refractivity contribution in [3.63, 3.8) is 0 Å². The minimum atomic E-state index is -0.626. The molecule has 2 aliphatic heterocycles. The number of rotatable bonds is 7. The summed E-state index contributed by atoms with van der Waals surface area (Å²) in [6.07, 6.45) is 2.09. The lowest BCUT2D eigenvalue weighted by Gasteiger charge is -2.21. The van der Waals surface area contributed by atoms with E-state index in [9.17, 15) is 4.79 Å². The Balaban J connectivity index is 1.10. The Hall–Kier alpha value is -3.53. The summed E-state index contributed by atoms with van der Waals surface area (Å²) in [4.78, 5) is 15.9. The Kier molecular flexibility index (Phi) is 5.40. The third-order valence-corrected chi connectivity index (χ3v) is 7.28. The molecule has 3 fully saturated rings. The van der Waals surface area contributed by atoms with E-state index in [0.717, 1.165) is 25.4 Å². The van der Waals surface area contributed by atoms with Crippen molar-refractivity contribution in [2.75, 3.05) is 31.6 Å². The summed E-state index contributed by atoms with van der Waals surface area (Å²) in [5.74, 6) is -0.0248. The van der Waals surface area contributed by atoms with Gasteiger partial charge in [0.25, 0.3) is 0 Å². The second-order valence-corrected chi connectivity index (χ2v) is 9.46. The molecule has 4 atom stereocenters. The summed E-state index contributed by atoms with van der Waals surface area (Å²) in [6, 6.07) is 10.5. The average molecular weight is 482 g/mol. The van der Waals surface area contributed by atoms with Gasteiger partial charge in [0, 0.05) is 31.4 Å².